The van der Waals surface area contributed by atoms with E-state index in [-0.39, 0.29) is 5.96 Å². The van der Waals surface area contributed by atoms with E-state index in [0.29, 0.717) is 6.61 Å². The second-order valence-electron chi connectivity index (χ2n) is 3.66. The molecule has 1 aromatic rings. The Bertz CT molecular complexity index is 480. The van der Waals surface area contributed by atoms with Crippen LogP contribution < -0.4 is 16.2 Å². The fraction of sp³-hybridized carbons (Fsp3) is 0.273. The van der Waals surface area contributed by atoms with E-state index in [1.165, 1.54) is 0 Å². The quantitative estimate of drug-likeness (QED) is 0.469. The Labute approximate surface area is 108 Å². The Kier molecular flexibility index (Phi) is 3.63. The third-order valence-electron chi connectivity index (χ3n) is 2.35. The molecule has 5 nitrogen and oxygen atoms in total. The predicted octanol–water partition coefficient (Wildman–Crippen LogP) is 1.60. The lowest BCUT2D eigenvalue weighted by molar-refractivity contribution is 0.318. The average molecular weight is 297 g/mol. The van der Waals surface area contributed by atoms with Gasteiger partial charge in [-0.15, -0.1) is 5.10 Å². The highest BCUT2D eigenvalue weighted by molar-refractivity contribution is 9.10. The number of nitrogens with two attached hydrogens (primary N) is 2. The minimum absolute atomic E-state index is 0.0424. The van der Waals surface area contributed by atoms with Gasteiger partial charge in [-0.3, -0.25) is 0 Å². The average Bonchev–Trinajstić information content (AvgIpc) is 2.48. The molecule has 2 rings (SSSR count). The fourth-order valence-corrected chi connectivity index (χ4v) is 1.99. The molecule has 6 heteroatoms. The maximum Gasteiger partial charge on any atom is 0.211 e. The van der Waals surface area contributed by atoms with E-state index in [1.807, 2.05) is 18.2 Å². The summed E-state index contributed by atoms with van der Waals surface area (Å²) in [6.07, 6.45) is 1.69. The van der Waals surface area contributed by atoms with Crippen LogP contribution in [0.25, 0.3) is 0 Å². The van der Waals surface area contributed by atoms with E-state index >= 15 is 0 Å². The van der Waals surface area contributed by atoms with Crippen molar-refractivity contribution in [3.63, 3.8) is 0 Å². The molecular formula is C11H13BrN4O. The molecule has 17 heavy (non-hydrogen) atoms. The second-order valence-corrected chi connectivity index (χ2v) is 4.58. The topological polar surface area (TPSA) is 86.0 Å². The summed E-state index contributed by atoms with van der Waals surface area (Å²) in [5.74, 6) is 0.773. The van der Waals surface area contributed by atoms with Crippen LogP contribution in [0.1, 0.15) is 18.4 Å². The Hall–Kier alpha value is -1.56. The first-order valence-corrected chi connectivity index (χ1v) is 6.04. The fourth-order valence-electron chi connectivity index (χ4n) is 1.63. The summed E-state index contributed by atoms with van der Waals surface area (Å²) in [6.45, 7) is 0.676. The van der Waals surface area contributed by atoms with Gasteiger partial charge in [-0.1, -0.05) is 15.9 Å². The number of guanidine groups is 1. The molecule has 1 aromatic carbocycles. The first-order valence-electron chi connectivity index (χ1n) is 5.25. The van der Waals surface area contributed by atoms with Gasteiger partial charge in [0.15, 0.2) is 0 Å². The van der Waals surface area contributed by atoms with Crippen LogP contribution in [0, 0.1) is 0 Å². The number of rotatable bonds is 1. The lowest BCUT2D eigenvalue weighted by Crippen LogP contribution is -2.22. The maximum absolute atomic E-state index is 5.63. The van der Waals surface area contributed by atoms with Crippen molar-refractivity contribution in [2.45, 2.75) is 12.8 Å². The molecule has 1 heterocycles. The molecule has 0 saturated carbocycles. The number of nitrogens with zero attached hydrogens (tertiary/aromatic N) is 2. The molecule has 1 aliphatic heterocycles. The Morgan fingerprint density at radius 3 is 2.94 bits per heavy atom. The highest BCUT2D eigenvalue weighted by Gasteiger charge is 2.15. The van der Waals surface area contributed by atoms with Gasteiger partial charge in [0.2, 0.25) is 5.96 Å². The first kappa shape index (κ1) is 11.9. The van der Waals surface area contributed by atoms with Crippen LogP contribution in [-0.2, 0) is 0 Å². The van der Waals surface area contributed by atoms with E-state index in [4.69, 9.17) is 16.2 Å². The van der Waals surface area contributed by atoms with Crippen LogP contribution in [0.4, 0.5) is 0 Å². The summed E-state index contributed by atoms with van der Waals surface area (Å²) in [5.41, 5.74) is 12.3. The van der Waals surface area contributed by atoms with Gasteiger partial charge in [0.1, 0.15) is 5.75 Å². The summed E-state index contributed by atoms with van der Waals surface area (Å²) >= 11 is 3.43. The van der Waals surface area contributed by atoms with Crippen LogP contribution in [0.15, 0.2) is 32.9 Å². The summed E-state index contributed by atoms with van der Waals surface area (Å²) < 4.78 is 6.60. The molecule has 0 bridgehead atoms. The summed E-state index contributed by atoms with van der Waals surface area (Å²) in [4.78, 5) is 0. The van der Waals surface area contributed by atoms with Crippen LogP contribution in [0.5, 0.6) is 5.75 Å². The van der Waals surface area contributed by atoms with Crippen molar-refractivity contribution >= 4 is 27.6 Å². The Balaban J connectivity index is 2.45. The maximum atomic E-state index is 5.63. The summed E-state index contributed by atoms with van der Waals surface area (Å²) in [6, 6.07) is 5.81. The highest BCUT2D eigenvalue weighted by atomic mass is 79.9. The number of hydrogen-bond acceptors (Lipinski definition) is 3. The normalized spacial score (nSPS) is 16.9. The number of fused-ring (bicyclic) bond motifs is 1. The van der Waals surface area contributed by atoms with E-state index in [0.717, 1.165) is 34.3 Å². The van der Waals surface area contributed by atoms with Gasteiger partial charge in [0.25, 0.3) is 0 Å². The molecule has 0 aromatic heterocycles. The molecule has 1 aliphatic rings. The van der Waals surface area contributed by atoms with E-state index in [2.05, 4.69) is 26.1 Å². The van der Waals surface area contributed by atoms with Crippen molar-refractivity contribution < 1.29 is 4.74 Å². The molecule has 0 radical (unpaired) electrons. The minimum Gasteiger partial charge on any atom is -0.493 e. The largest absolute Gasteiger partial charge is 0.493 e. The molecule has 0 fully saturated rings. The van der Waals surface area contributed by atoms with Crippen molar-refractivity contribution in [3.05, 3.63) is 28.2 Å². The van der Waals surface area contributed by atoms with Gasteiger partial charge in [-0.2, -0.15) is 5.10 Å². The number of hydrogen-bond donors (Lipinski definition) is 2. The Morgan fingerprint density at radius 2 is 2.18 bits per heavy atom. The number of halogens is 1. The molecule has 90 valence electrons. The third-order valence-corrected chi connectivity index (χ3v) is 2.85. The van der Waals surface area contributed by atoms with Crippen LogP contribution in [-0.4, -0.2) is 18.3 Å². The van der Waals surface area contributed by atoms with Gasteiger partial charge < -0.3 is 16.2 Å². The lowest BCUT2D eigenvalue weighted by Gasteiger charge is -2.07. The molecule has 0 amide bonds. The number of ether oxygens (including phenoxy) is 1. The predicted molar refractivity (Wildman–Crippen MR) is 71.2 cm³/mol. The number of benzene rings is 1. The minimum atomic E-state index is -0.0424. The van der Waals surface area contributed by atoms with Crippen molar-refractivity contribution in [3.8, 4) is 5.75 Å². The molecule has 4 N–H and O–H groups in total. The van der Waals surface area contributed by atoms with Crippen LogP contribution in [0.3, 0.4) is 0 Å². The lowest BCUT2D eigenvalue weighted by atomic mass is 10.1. The van der Waals surface area contributed by atoms with Crippen LogP contribution in [0.2, 0.25) is 0 Å². The van der Waals surface area contributed by atoms with Crippen molar-refractivity contribution in [2.75, 3.05) is 6.61 Å². The third kappa shape index (κ3) is 2.97. The van der Waals surface area contributed by atoms with Gasteiger partial charge in [0.05, 0.1) is 12.3 Å². The summed E-state index contributed by atoms with van der Waals surface area (Å²) in [7, 11) is 0. The van der Waals surface area contributed by atoms with E-state index in [9.17, 15) is 0 Å². The van der Waals surface area contributed by atoms with Gasteiger partial charge in [-0.25, -0.2) is 0 Å². The zero-order valence-corrected chi connectivity index (χ0v) is 10.8. The smallest absolute Gasteiger partial charge is 0.211 e. The van der Waals surface area contributed by atoms with E-state index in [1.54, 1.807) is 0 Å². The molecular weight excluding hydrogens is 284 g/mol. The molecule has 0 saturated heterocycles. The van der Waals surface area contributed by atoms with E-state index < -0.39 is 0 Å². The first-order chi connectivity index (χ1) is 8.16. The summed E-state index contributed by atoms with van der Waals surface area (Å²) in [5, 5.41) is 7.79. The SMILES string of the molecule is NC(N)=N/N=C1/CCCOc2ccc(Br)cc21. The molecule has 0 unspecified atom stereocenters. The second kappa shape index (κ2) is 5.18. The van der Waals surface area contributed by atoms with Gasteiger partial charge >= 0.3 is 0 Å². The molecule has 0 spiro atoms. The van der Waals surface area contributed by atoms with Crippen molar-refractivity contribution in [2.24, 2.45) is 21.7 Å². The van der Waals surface area contributed by atoms with Crippen molar-refractivity contribution in [1.82, 2.24) is 0 Å². The zero-order chi connectivity index (χ0) is 12.3. The zero-order valence-electron chi connectivity index (χ0n) is 9.19. The highest BCUT2D eigenvalue weighted by Crippen LogP contribution is 2.27. The monoisotopic (exact) mass is 296 g/mol. The molecule has 0 aliphatic carbocycles. The van der Waals surface area contributed by atoms with Crippen LogP contribution >= 0.6 is 15.9 Å². The molecule has 0 atom stereocenters. The van der Waals surface area contributed by atoms with Crippen molar-refractivity contribution in [1.29, 1.82) is 0 Å². The standard InChI is InChI=1S/C11H13BrN4O/c12-7-3-4-10-8(6-7)9(2-1-5-17-10)15-16-11(13)14/h3-4,6H,1-2,5H2,(H4,13,14,16)/b15-9-. The van der Waals surface area contributed by atoms with Gasteiger partial charge in [-0.05, 0) is 31.0 Å². The van der Waals surface area contributed by atoms with Gasteiger partial charge in [0, 0.05) is 10.0 Å². The Morgan fingerprint density at radius 1 is 1.35 bits per heavy atom.